The highest BCUT2D eigenvalue weighted by atomic mass is 16.6. The molecule has 0 saturated carbocycles. The van der Waals surface area contributed by atoms with E-state index in [2.05, 4.69) is 5.32 Å². The quantitative estimate of drug-likeness (QED) is 0.175. The molecule has 0 spiro atoms. The number of ether oxygens (including phenoxy) is 1. The van der Waals surface area contributed by atoms with Crippen LogP contribution in [0.5, 0.6) is 0 Å². The second kappa shape index (κ2) is 18.0. The lowest BCUT2D eigenvalue weighted by Gasteiger charge is -2.37. The fourth-order valence-electron chi connectivity index (χ4n) is 5.85. The van der Waals surface area contributed by atoms with E-state index < -0.39 is 67.0 Å². The van der Waals surface area contributed by atoms with Crippen molar-refractivity contribution in [2.45, 2.75) is 49.9 Å². The number of nitrogens with zero attached hydrogens (tertiary/aromatic N) is 4. The van der Waals surface area contributed by atoms with E-state index in [4.69, 9.17) is 10.5 Å². The van der Waals surface area contributed by atoms with Gasteiger partial charge in [0.2, 0.25) is 0 Å². The first-order valence-electron chi connectivity index (χ1n) is 15.8. The molecule has 18 heteroatoms. The summed E-state index contributed by atoms with van der Waals surface area (Å²) in [6, 6.07) is 5.93. The van der Waals surface area contributed by atoms with Gasteiger partial charge >= 0.3 is 30.2 Å². The zero-order valence-corrected chi connectivity index (χ0v) is 27.0. The van der Waals surface area contributed by atoms with E-state index in [-0.39, 0.29) is 71.5 Å². The highest BCUT2D eigenvalue weighted by molar-refractivity contribution is 5.97. The molecule has 3 atom stereocenters. The number of aliphatic carboxylic acids is 2. The van der Waals surface area contributed by atoms with Gasteiger partial charge in [-0.15, -0.1) is 0 Å². The third-order valence-electron chi connectivity index (χ3n) is 8.50. The number of hydrogen-bond donors (Lipinski definition) is 7. The average molecular weight is 693 g/mol. The number of primary amides is 1. The van der Waals surface area contributed by atoms with Crippen LogP contribution in [0.15, 0.2) is 36.4 Å². The first-order chi connectivity index (χ1) is 23.1. The molecular formula is C31H44N6O12. The number of carbonyl (C=O) groups is 6. The van der Waals surface area contributed by atoms with Crippen molar-refractivity contribution >= 4 is 41.8 Å². The number of amides is 4. The maximum absolute atomic E-state index is 13.2. The molecule has 3 rings (SSSR count). The van der Waals surface area contributed by atoms with Crippen LogP contribution in [0.4, 0.5) is 20.1 Å². The predicted molar refractivity (Wildman–Crippen MR) is 172 cm³/mol. The number of carboxylic acid groups (broad SMARTS) is 4. The van der Waals surface area contributed by atoms with Gasteiger partial charge in [0.1, 0.15) is 11.7 Å². The highest BCUT2D eigenvalue weighted by Gasteiger charge is 2.37. The Bertz CT molecular complexity index is 1370. The van der Waals surface area contributed by atoms with Gasteiger partial charge in [-0.2, -0.15) is 0 Å². The van der Waals surface area contributed by atoms with Crippen molar-refractivity contribution in [2.75, 3.05) is 64.2 Å². The molecule has 0 aromatic heterocycles. The van der Waals surface area contributed by atoms with Crippen LogP contribution in [0.25, 0.3) is 0 Å². The molecule has 0 bridgehead atoms. The lowest BCUT2D eigenvalue weighted by Crippen LogP contribution is -2.53. The summed E-state index contributed by atoms with van der Waals surface area (Å²) in [4.78, 5) is 76.8. The Kier molecular flexibility index (Phi) is 14.1. The summed E-state index contributed by atoms with van der Waals surface area (Å²) in [7, 11) is 0. The number of benzene rings is 1. The fourth-order valence-corrected chi connectivity index (χ4v) is 5.85. The molecule has 2 aliphatic rings. The summed E-state index contributed by atoms with van der Waals surface area (Å²) in [6.07, 6.45) is 0.0165. The van der Waals surface area contributed by atoms with Crippen molar-refractivity contribution in [3.63, 3.8) is 0 Å². The third-order valence-corrected chi connectivity index (χ3v) is 8.50. The molecule has 1 aliphatic carbocycles. The highest BCUT2D eigenvalue weighted by Crippen LogP contribution is 2.27. The number of carboxylic acids is 2. The molecule has 270 valence electrons. The zero-order valence-electron chi connectivity index (χ0n) is 27.0. The summed E-state index contributed by atoms with van der Waals surface area (Å²) in [5.74, 6) is -2.98. The number of nitrogens with one attached hydrogen (secondary N) is 1. The van der Waals surface area contributed by atoms with E-state index in [1.165, 1.54) is 4.90 Å². The van der Waals surface area contributed by atoms with Crippen LogP contribution in [0.3, 0.4) is 0 Å². The Morgan fingerprint density at radius 2 is 1.43 bits per heavy atom. The van der Waals surface area contributed by atoms with Gasteiger partial charge in [0.15, 0.2) is 0 Å². The Hall–Kier alpha value is -4.94. The van der Waals surface area contributed by atoms with Gasteiger partial charge in [0.05, 0.1) is 13.1 Å². The Labute approximate surface area is 282 Å². The minimum Gasteiger partial charge on any atom is -0.480 e. The lowest BCUT2D eigenvalue weighted by atomic mass is 9.87. The predicted octanol–water partition coefficient (Wildman–Crippen LogP) is 0.608. The van der Waals surface area contributed by atoms with Crippen molar-refractivity contribution in [3.8, 4) is 0 Å². The van der Waals surface area contributed by atoms with Crippen molar-refractivity contribution in [3.05, 3.63) is 42.0 Å². The Morgan fingerprint density at radius 1 is 0.837 bits per heavy atom. The summed E-state index contributed by atoms with van der Waals surface area (Å²) in [5, 5.41) is 52.5. The van der Waals surface area contributed by atoms with E-state index in [1.807, 2.05) is 0 Å². The standard InChI is InChI=1S/C31H44N6O12/c32-28(43)49-24-3-1-2-9-31(48,10-8-24)27(42)33-22-6-4-21(5-7-22)17-23-18-34(19-25(38)39)11-12-35(29(44)45)13-14-36(30(46)47)15-16-37(23)20-26(40)41/h1,3-7,23-24,48H,2,8-20H2,(H2,32,43)(H,33,42)(H,38,39)(H,40,41)(H,44,45)(H,46,47)/b3-1+/t23?,24-,31-/m0/s1. The van der Waals surface area contributed by atoms with Gasteiger partial charge in [0.25, 0.3) is 5.91 Å². The topological polar surface area (TPSA) is 264 Å². The van der Waals surface area contributed by atoms with Gasteiger partial charge in [-0.25, -0.2) is 14.4 Å². The van der Waals surface area contributed by atoms with Crippen LogP contribution in [0.2, 0.25) is 0 Å². The van der Waals surface area contributed by atoms with Crippen LogP contribution in [-0.4, -0.2) is 158 Å². The molecule has 0 radical (unpaired) electrons. The largest absolute Gasteiger partial charge is 0.480 e. The molecule has 4 amide bonds. The molecular weight excluding hydrogens is 648 g/mol. The fraction of sp³-hybridized carbons (Fsp3) is 0.548. The van der Waals surface area contributed by atoms with Gasteiger partial charge in [-0.3, -0.25) is 24.2 Å². The number of hydrogen-bond acceptors (Lipinski definition) is 10. The van der Waals surface area contributed by atoms with E-state index >= 15 is 0 Å². The van der Waals surface area contributed by atoms with Crippen LogP contribution < -0.4 is 11.1 Å². The SMILES string of the molecule is NC(=O)O[C@H]1/C=C/CC[C@@](O)(C(=O)Nc2ccc(CC3CN(CC(=O)O)CCN(C(=O)O)CCN(C(=O)O)CCN3CC(=O)O)cc2)CC1. The summed E-state index contributed by atoms with van der Waals surface area (Å²) in [6.45, 7) is -1.42. The first-order valence-corrected chi connectivity index (χ1v) is 15.8. The summed E-state index contributed by atoms with van der Waals surface area (Å²) in [5.41, 5.74) is 4.40. The first kappa shape index (κ1) is 38.5. The summed E-state index contributed by atoms with van der Waals surface area (Å²) >= 11 is 0. The minimum atomic E-state index is -1.75. The normalized spacial score (nSPS) is 23.9. The molecule has 1 aliphatic heterocycles. The minimum absolute atomic E-state index is 0.00214. The maximum Gasteiger partial charge on any atom is 0.407 e. The smallest absolute Gasteiger partial charge is 0.407 e. The number of nitrogens with two attached hydrogens (primary N) is 1. The number of rotatable bonds is 9. The summed E-state index contributed by atoms with van der Waals surface area (Å²) < 4.78 is 5.00. The average Bonchev–Trinajstić information content (AvgIpc) is 3.00. The number of aliphatic hydroxyl groups is 1. The van der Waals surface area contributed by atoms with E-state index in [0.29, 0.717) is 17.7 Å². The molecule has 18 nitrogen and oxygen atoms in total. The van der Waals surface area contributed by atoms with Crippen LogP contribution in [0, 0.1) is 0 Å². The molecule has 8 N–H and O–H groups in total. The van der Waals surface area contributed by atoms with Crippen molar-refractivity contribution in [2.24, 2.45) is 5.73 Å². The monoisotopic (exact) mass is 692 g/mol. The van der Waals surface area contributed by atoms with Gasteiger partial charge in [-0.05, 0) is 55.9 Å². The number of anilines is 1. The van der Waals surface area contributed by atoms with Gasteiger partial charge < -0.3 is 51.1 Å². The molecule has 1 fully saturated rings. The molecule has 1 saturated heterocycles. The molecule has 1 unspecified atom stereocenters. The van der Waals surface area contributed by atoms with Crippen molar-refractivity contribution in [1.29, 1.82) is 0 Å². The van der Waals surface area contributed by atoms with Crippen LogP contribution in [0.1, 0.15) is 31.2 Å². The maximum atomic E-state index is 13.2. The zero-order chi connectivity index (χ0) is 36.1. The van der Waals surface area contributed by atoms with E-state index in [0.717, 1.165) is 9.80 Å². The Balaban J connectivity index is 1.82. The second-order valence-corrected chi connectivity index (χ2v) is 12.1. The Morgan fingerprint density at radius 3 is 2.00 bits per heavy atom. The lowest BCUT2D eigenvalue weighted by molar-refractivity contribution is -0.141. The molecule has 1 aromatic rings. The van der Waals surface area contributed by atoms with E-state index in [1.54, 1.807) is 41.3 Å². The number of allylic oxidation sites excluding steroid dienone is 1. The van der Waals surface area contributed by atoms with Crippen molar-refractivity contribution < 1.29 is 59.0 Å². The van der Waals surface area contributed by atoms with E-state index in [9.17, 15) is 54.3 Å². The van der Waals surface area contributed by atoms with Gasteiger partial charge in [0, 0.05) is 57.5 Å². The second-order valence-electron chi connectivity index (χ2n) is 12.1. The molecule has 1 aromatic carbocycles. The van der Waals surface area contributed by atoms with Crippen LogP contribution in [-0.2, 0) is 25.5 Å². The molecule has 49 heavy (non-hydrogen) atoms. The molecule has 1 heterocycles. The third kappa shape index (κ3) is 12.5. The van der Waals surface area contributed by atoms with Crippen molar-refractivity contribution in [1.82, 2.24) is 19.6 Å². The van der Waals surface area contributed by atoms with Crippen LogP contribution >= 0.6 is 0 Å². The van der Waals surface area contributed by atoms with Gasteiger partial charge in [-0.1, -0.05) is 18.2 Å². The number of carbonyl (C=O) groups excluding carboxylic acids is 2.